The topological polar surface area (TPSA) is 66.0 Å². The van der Waals surface area contributed by atoms with Crippen molar-refractivity contribution in [3.8, 4) is 0 Å². The first-order valence-electron chi connectivity index (χ1n) is 9.56. The fraction of sp³-hybridized carbons (Fsp3) is 0.889. The van der Waals surface area contributed by atoms with Crippen LogP contribution in [-0.4, -0.2) is 56.3 Å². The molecule has 0 radical (unpaired) electrons. The first kappa shape index (κ1) is 17.4. The van der Waals surface area contributed by atoms with Crippen LogP contribution in [-0.2, 0) is 4.74 Å². The van der Waals surface area contributed by atoms with Crippen molar-refractivity contribution in [1.29, 1.82) is 0 Å². The van der Waals surface area contributed by atoms with Crippen molar-refractivity contribution in [3.05, 3.63) is 0 Å². The fourth-order valence-electron chi connectivity index (χ4n) is 4.12. The van der Waals surface area contributed by atoms with Crippen LogP contribution < -0.4 is 10.6 Å². The van der Waals surface area contributed by atoms with Crippen LogP contribution >= 0.6 is 0 Å². The average molecular weight is 336 g/mol. The highest BCUT2D eigenvalue weighted by Crippen LogP contribution is 2.56. The highest BCUT2D eigenvalue weighted by Gasteiger charge is 2.48. The number of likely N-dealkylation sites (tertiary alicyclic amines) is 1. The van der Waals surface area contributed by atoms with Crippen LogP contribution in [0.15, 0.2) is 4.99 Å². The van der Waals surface area contributed by atoms with Crippen LogP contribution in [0, 0.1) is 11.3 Å². The molecular formula is C18H32N4O2. The van der Waals surface area contributed by atoms with E-state index in [1.165, 1.54) is 32.1 Å². The molecule has 0 atom stereocenters. The smallest absolute Gasteiger partial charge is 0.409 e. The molecule has 136 valence electrons. The van der Waals surface area contributed by atoms with Crippen molar-refractivity contribution in [2.75, 3.05) is 33.3 Å². The van der Waals surface area contributed by atoms with Crippen molar-refractivity contribution in [1.82, 2.24) is 15.5 Å². The minimum absolute atomic E-state index is 0.185. The Morgan fingerprint density at radius 1 is 1.25 bits per heavy atom. The van der Waals surface area contributed by atoms with Gasteiger partial charge in [0.1, 0.15) is 0 Å². The van der Waals surface area contributed by atoms with Crippen LogP contribution in [0.3, 0.4) is 0 Å². The van der Waals surface area contributed by atoms with Gasteiger partial charge in [-0.3, -0.25) is 4.99 Å². The summed E-state index contributed by atoms with van der Waals surface area (Å²) in [5, 5.41) is 7.11. The molecule has 1 saturated heterocycles. The highest BCUT2D eigenvalue weighted by molar-refractivity contribution is 5.80. The molecule has 0 unspecified atom stereocenters. The zero-order valence-electron chi connectivity index (χ0n) is 15.1. The number of nitrogens with one attached hydrogen (secondary N) is 2. The molecule has 1 aliphatic heterocycles. The number of aliphatic imine (C=N–C) groups is 1. The Balaban J connectivity index is 1.41. The molecule has 2 aliphatic carbocycles. The van der Waals surface area contributed by atoms with Gasteiger partial charge in [-0.15, -0.1) is 0 Å². The maximum atomic E-state index is 11.8. The van der Waals surface area contributed by atoms with Gasteiger partial charge < -0.3 is 20.3 Å². The van der Waals surface area contributed by atoms with E-state index in [-0.39, 0.29) is 6.09 Å². The van der Waals surface area contributed by atoms with Crippen LogP contribution in [0.25, 0.3) is 0 Å². The maximum Gasteiger partial charge on any atom is 0.409 e. The normalized spacial score (nSPS) is 24.2. The molecule has 1 heterocycles. The van der Waals surface area contributed by atoms with E-state index in [9.17, 15) is 4.79 Å². The monoisotopic (exact) mass is 336 g/mol. The first-order valence-corrected chi connectivity index (χ1v) is 9.56. The molecule has 2 saturated carbocycles. The molecule has 1 amide bonds. The van der Waals surface area contributed by atoms with Crippen LogP contribution in [0.4, 0.5) is 4.79 Å². The lowest BCUT2D eigenvalue weighted by molar-refractivity contribution is 0.0958. The summed E-state index contributed by atoms with van der Waals surface area (Å²) in [6.45, 7) is 4.84. The molecule has 6 nitrogen and oxygen atoms in total. The van der Waals surface area contributed by atoms with Crippen molar-refractivity contribution in [3.63, 3.8) is 0 Å². The lowest BCUT2D eigenvalue weighted by atomic mass is 9.65. The van der Waals surface area contributed by atoms with Gasteiger partial charge in [-0.2, -0.15) is 0 Å². The summed E-state index contributed by atoms with van der Waals surface area (Å²) < 4.78 is 5.07. The van der Waals surface area contributed by atoms with E-state index < -0.39 is 0 Å². The number of ether oxygens (including phenoxy) is 1. The minimum Gasteiger partial charge on any atom is -0.450 e. The second kappa shape index (κ2) is 7.62. The van der Waals surface area contributed by atoms with Crippen molar-refractivity contribution >= 4 is 12.1 Å². The lowest BCUT2D eigenvalue weighted by Gasteiger charge is -2.43. The third-order valence-electron chi connectivity index (χ3n) is 5.99. The van der Waals surface area contributed by atoms with Gasteiger partial charge in [0.25, 0.3) is 0 Å². The molecule has 0 aromatic carbocycles. The van der Waals surface area contributed by atoms with Crippen LogP contribution in [0.2, 0.25) is 0 Å². The van der Waals surface area contributed by atoms with Crippen molar-refractivity contribution < 1.29 is 9.53 Å². The number of piperidine rings is 1. The Morgan fingerprint density at radius 3 is 2.46 bits per heavy atom. The summed E-state index contributed by atoms with van der Waals surface area (Å²) in [5.41, 5.74) is 0.547. The van der Waals surface area contributed by atoms with Crippen LogP contribution in [0.1, 0.15) is 51.9 Å². The van der Waals surface area contributed by atoms with Gasteiger partial charge in [0.15, 0.2) is 5.96 Å². The maximum absolute atomic E-state index is 11.8. The van der Waals surface area contributed by atoms with Crippen LogP contribution in [0.5, 0.6) is 0 Å². The zero-order valence-corrected chi connectivity index (χ0v) is 15.1. The van der Waals surface area contributed by atoms with E-state index >= 15 is 0 Å². The number of guanidine groups is 1. The summed E-state index contributed by atoms with van der Waals surface area (Å²) in [5.74, 6) is 1.86. The number of hydrogen-bond acceptors (Lipinski definition) is 3. The number of rotatable bonds is 5. The SMILES string of the molecule is CCOC(=O)N1CCC(NC(=NC)NCC2(C3CC3)CCC2)CC1. The molecule has 2 N–H and O–H groups in total. The Kier molecular flexibility index (Phi) is 5.51. The van der Waals surface area contributed by atoms with Gasteiger partial charge in [-0.05, 0) is 56.8 Å². The lowest BCUT2D eigenvalue weighted by Crippen LogP contribution is -2.52. The van der Waals surface area contributed by atoms with E-state index in [1.54, 1.807) is 4.90 Å². The standard InChI is InChI=1S/C18H32N4O2/c1-3-24-17(23)22-11-7-15(8-12-22)21-16(19-2)20-13-18(9-4-10-18)14-5-6-14/h14-15H,3-13H2,1-2H3,(H2,19,20,21). The van der Waals surface area contributed by atoms with E-state index in [0.717, 1.165) is 44.4 Å². The molecule has 24 heavy (non-hydrogen) atoms. The molecule has 3 fully saturated rings. The zero-order chi connectivity index (χ0) is 17.0. The summed E-state index contributed by atoms with van der Waals surface area (Å²) >= 11 is 0. The number of carbonyl (C=O) groups excluding carboxylic acids is 1. The van der Waals surface area contributed by atoms with Crippen molar-refractivity contribution in [2.24, 2.45) is 16.3 Å². The Hall–Kier alpha value is -1.46. The van der Waals surface area contributed by atoms with Gasteiger partial charge in [0.05, 0.1) is 6.61 Å². The van der Waals surface area contributed by atoms with E-state index in [4.69, 9.17) is 4.74 Å². The third kappa shape index (κ3) is 3.95. The highest BCUT2D eigenvalue weighted by atomic mass is 16.6. The molecule has 0 aromatic heterocycles. The quantitative estimate of drug-likeness (QED) is 0.597. The largest absolute Gasteiger partial charge is 0.450 e. The van der Waals surface area contributed by atoms with Gasteiger partial charge >= 0.3 is 6.09 Å². The number of nitrogens with zero attached hydrogens (tertiary/aromatic N) is 2. The molecule has 3 aliphatic rings. The van der Waals surface area contributed by atoms with E-state index in [2.05, 4.69) is 15.6 Å². The molecule has 0 spiro atoms. The van der Waals surface area contributed by atoms with E-state index in [1.807, 2.05) is 14.0 Å². The van der Waals surface area contributed by atoms with Gasteiger partial charge in [0.2, 0.25) is 0 Å². The van der Waals surface area contributed by atoms with Gasteiger partial charge in [0, 0.05) is 32.7 Å². The second-order valence-corrected chi connectivity index (χ2v) is 7.52. The minimum atomic E-state index is -0.185. The Bertz CT molecular complexity index is 464. The first-order chi connectivity index (χ1) is 11.7. The fourth-order valence-corrected chi connectivity index (χ4v) is 4.12. The van der Waals surface area contributed by atoms with E-state index in [0.29, 0.717) is 18.1 Å². The van der Waals surface area contributed by atoms with Crippen molar-refractivity contribution in [2.45, 2.75) is 57.9 Å². The molecule has 6 heteroatoms. The average Bonchev–Trinajstić information content (AvgIpc) is 3.39. The second-order valence-electron chi connectivity index (χ2n) is 7.52. The van der Waals surface area contributed by atoms with Gasteiger partial charge in [-0.1, -0.05) is 6.42 Å². The molecule has 0 bridgehead atoms. The predicted octanol–water partition coefficient (Wildman–Crippen LogP) is 2.35. The summed E-state index contributed by atoms with van der Waals surface area (Å²) in [4.78, 5) is 17.9. The Morgan fingerprint density at radius 2 is 1.96 bits per heavy atom. The Labute approximate surface area is 145 Å². The molecule has 0 aromatic rings. The number of carbonyl (C=O) groups is 1. The third-order valence-corrected chi connectivity index (χ3v) is 5.99. The van der Waals surface area contributed by atoms with Gasteiger partial charge in [-0.25, -0.2) is 4.79 Å². The number of amides is 1. The molecule has 3 rings (SSSR count). The number of hydrogen-bond donors (Lipinski definition) is 2. The summed E-state index contributed by atoms with van der Waals surface area (Å²) in [6.07, 6.45) is 8.66. The molecular weight excluding hydrogens is 304 g/mol. The summed E-state index contributed by atoms with van der Waals surface area (Å²) in [7, 11) is 1.84. The summed E-state index contributed by atoms with van der Waals surface area (Å²) in [6, 6.07) is 0.375. The predicted molar refractivity (Wildman–Crippen MR) is 95.1 cm³/mol.